The van der Waals surface area contributed by atoms with E-state index < -0.39 is 17.2 Å². The van der Waals surface area contributed by atoms with Crippen LogP contribution >= 0.6 is 0 Å². The molecule has 0 radical (unpaired) electrons. The molecule has 0 unspecified atom stereocenters. The predicted octanol–water partition coefficient (Wildman–Crippen LogP) is 2.16. The Balaban J connectivity index is 2.11. The Kier molecular flexibility index (Phi) is 5.37. The monoisotopic (exact) mass is 326 g/mol. The zero-order valence-electron chi connectivity index (χ0n) is 13.9. The molecule has 23 heavy (non-hydrogen) atoms. The first-order valence-electron chi connectivity index (χ1n) is 7.89. The van der Waals surface area contributed by atoms with Gasteiger partial charge in [-0.15, -0.1) is 0 Å². The Hall–Kier alpha value is -1.53. The van der Waals surface area contributed by atoms with E-state index in [4.69, 9.17) is 0 Å². The molecule has 1 aliphatic heterocycles. The summed E-state index contributed by atoms with van der Waals surface area (Å²) in [5.74, 6) is -2.18. The summed E-state index contributed by atoms with van der Waals surface area (Å²) < 4.78 is 26.3. The maximum atomic E-state index is 13.3. The number of carbonyl (C=O) groups excluding carboxylic acids is 1. The fourth-order valence-electron chi connectivity index (χ4n) is 2.82. The highest BCUT2D eigenvalue weighted by atomic mass is 19.2. The molecule has 6 heteroatoms. The van der Waals surface area contributed by atoms with Gasteiger partial charge in [0.25, 0.3) is 5.91 Å². The molecule has 1 saturated heterocycles. The molecule has 0 aliphatic carbocycles. The van der Waals surface area contributed by atoms with Crippen LogP contribution in [0.2, 0.25) is 0 Å². The van der Waals surface area contributed by atoms with Crippen LogP contribution in [-0.4, -0.2) is 52.6 Å². The lowest BCUT2D eigenvalue weighted by Gasteiger charge is -2.41. The average Bonchev–Trinajstić information content (AvgIpc) is 2.48. The van der Waals surface area contributed by atoms with Gasteiger partial charge in [0.05, 0.1) is 0 Å². The van der Waals surface area contributed by atoms with Crippen LogP contribution in [0.25, 0.3) is 0 Å². The van der Waals surface area contributed by atoms with Crippen LogP contribution in [0.15, 0.2) is 18.2 Å². The Bertz CT molecular complexity index is 580. The van der Waals surface area contributed by atoms with Gasteiger partial charge in [-0.1, -0.05) is 6.07 Å². The maximum absolute atomic E-state index is 13.3. The summed E-state index contributed by atoms with van der Waals surface area (Å²) in [6.07, 6.45) is 1.09. The minimum atomic E-state index is -1.42. The lowest BCUT2D eigenvalue weighted by Crippen LogP contribution is -2.58. The largest absolute Gasteiger partial charge is 0.379 e. The molecule has 1 amide bonds. The molecule has 0 aromatic heterocycles. The Labute approximate surface area is 135 Å². The van der Waals surface area contributed by atoms with Gasteiger partial charge in [0, 0.05) is 25.7 Å². The number of hydrogen-bond donors (Lipinski definition) is 1. The summed E-state index contributed by atoms with van der Waals surface area (Å²) in [6.45, 7) is 4.93. The van der Waals surface area contributed by atoms with E-state index in [0.717, 1.165) is 12.1 Å². The summed E-state index contributed by atoms with van der Waals surface area (Å²) in [5, 5.41) is 10.7. The average molecular weight is 326 g/mol. The van der Waals surface area contributed by atoms with Gasteiger partial charge >= 0.3 is 0 Å². The normalized spacial score (nSPS) is 22.3. The first-order chi connectivity index (χ1) is 10.7. The number of carbonyl (C=O) groups is 1. The molecule has 2 rings (SSSR count). The van der Waals surface area contributed by atoms with Crippen LogP contribution in [-0.2, 0) is 11.3 Å². The second-order valence-electron chi connectivity index (χ2n) is 6.62. The molecule has 1 aliphatic rings. The summed E-state index contributed by atoms with van der Waals surface area (Å²) in [6, 6.07) is 3.82. The molecule has 1 heterocycles. The first kappa shape index (κ1) is 17.8. The van der Waals surface area contributed by atoms with E-state index in [9.17, 15) is 18.7 Å². The molecule has 0 spiro atoms. The highest BCUT2D eigenvalue weighted by Crippen LogP contribution is 2.26. The number of aliphatic hydroxyl groups is 1. The smallest absolute Gasteiger partial charge is 0.256 e. The van der Waals surface area contributed by atoms with Crippen LogP contribution < -0.4 is 0 Å². The molecule has 0 saturated carbocycles. The highest BCUT2D eigenvalue weighted by molar-refractivity contribution is 5.86. The van der Waals surface area contributed by atoms with E-state index in [1.807, 2.05) is 25.8 Å². The van der Waals surface area contributed by atoms with Crippen molar-refractivity contribution in [3.8, 4) is 0 Å². The zero-order valence-corrected chi connectivity index (χ0v) is 13.9. The first-order valence-corrected chi connectivity index (χ1v) is 7.89. The van der Waals surface area contributed by atoms with E-state index >= 15 is 0 Å². The maximum Gasteiger partial charge on any atom is 0.256 e. The third-order valence-electron chi connectivity index (χ3n) is 4.45. The molecule has 1 aromatic rings. The summed E-state index contributed by atoms with van der Waals surface area (Å²) in [4.78, 5) is 16.1. The summed E-state index contributed by atoms with van der Waals surface area (Å²) >= 11 is 0. The van der Waals surface area contributed by atoms with Crippen molar-refractivity contribution in [2.24, 2.45) is 0 Å². The van der Waals surface area contributed by atoms with Crippen LogP contribution in [0.3, 0.4) is 0 Å². The summed E-state index contributed by atoms with van der Waals surface area (Å²) in [5.41, 5.74) is -0.908. The number of rotatable bonds is 5. The van der Waals surface area contributed by atoms with Crippen molar-refractivity contribution in [1.29, 1.82) is 0 Å². The molecular formula is C17H24F2N2O2. The van der Waals surface area contributed by atoms with Gasteiger partial charge in [-0.25, -0.2) is 8.78 Å². The van der Waals surface area contributed by atoms with E-state index in [1.165, 1.54) is 11.0 Å². The van der Waals surface area contributed by atoms with E-state index in [1.54, 1.807) is 0 Å². The number of piperidine rings is 1. The third kappa shape index (κ3) is 4.06. The van der Waals surface area contributed by atoms with Crippen molar-refractivity contribution in [2.75, 3.05) is 20.1 Å². The number of halogens is 2. The Morgan fingerprint density at radius 3 is 2.65 bits per heavy atom. The van der Waals surface area contributed by atoms with E-state index in [0.29, 0.717) is 24.9 Å². The van der Waals surface area contributed by atoms with Crippen molar-refractivity contribution in [3.05, 3.63) is 35.4 Å². The number of amides is 1. The zero-order chi connectivity index (χ0) is 17.2. The fourth-order valence-corrected chi connectivity index (χ4v) is 2.82. The van der Waals surface area contributed by atoms with Crippen LogP contribution in [0.5, 0.6) is 0 Å². The quantitative estimate of drug-likeness (QED) is 0.902. The molecule has 1 N–H and O–H groups in total. The van der Waals surface area contributed by atoms with Crippen molar-refractivity contribution < 1.29 is 18.7 Å². The van der Waals surface area contributed by atoms with Crippen LogP contribution in [0.1, 0.15) is 32.3 Å². The van der Waals surface area contributed by atoms with Gasteiger partial charge in [0.2, 0.25) is 0 Å². The van der Waals surface area contributed by atoms with Crippen LogP contribution in [0.4, 0.5) is 8.78 Å². The second-order valence-corrected chi connectivity index (χ2v) is 6.62. The molecule has 1 fully saturated rings. The van der Waals surface area contributed by atoms with Crippen molar-refractivity contribution >= 4 is 5.91 Å². The molecular weight excluding hydrogens is 302 g/mol. The SMILES string of the molecule is CC(C)N(C)C[C@]1(O)CCCN(Cc2ccc(F)c(F)c2)C1=O. The van der Waals surface area contributed by atoms with Gasteiger partial charge in [0.15, 0.2) is 17.2 Å². The molecule has 1 atom stereocenters. The molecule has 1 aromatic carbocycles. The third-order valence-corrected chi connectivity index (χ3v) is 4.45. The van der Waals surface area contributed by atoms with Crippen molar-refractivity contribution in [3.63, 3.8) is 0 Å². The minimum Gasteiger partial charge on any atom is -0.379 e. The number of likely N-dealkylation sites (tertiary alicyclic amines) is 1. The molecule has 0 bridgehead atoms. The number of benzene rings is 1. The van der Waals surface area contributed by atoms with Gasteiger partial charge in [-0.2, -0.15) is 0 Å². The van der Waals surface area contributed by atoms with E-state index in [-0.39, 0.29) is 25.0 Å². The topological polar surface area (TPSA) is 43.8 Å². The van der Waals surface area contributed by atoms with Gasteiger partial charge in [-0.05, 0) is 51.4 Å². The lowest BCUT2D eigenvalue weighted by molar-refractivity contribution is -0.160. The second kappa shape index (κ2) is 6.93. The molecule has 128 valence electrons. The highest BCUT2D eigenvalue weighted by Gasteiger charge is 2.43. The number of likely N-dealkylation sites (N-methyl/N-ethyl adjacent to an activating group) is 1. The summed E-state index contributed by atoms with van der Waals surface area (Å²) in [7, 11) is 1.87. The van der Waals surface area contributed by atoms with E-state index in [2.05, 4.69) is 0 Å². The fraction of sp³-hybridized carbons (Fsp3) is 0.588. The minimum absolute atomic E-state index is 0.170. The van der Waals surface area contributed by atoms with Gasteiger partial charge in [0.1, 0.15) is 0 Å². The molecule has 4 nitrogen and oxygen atoms in total. The van der Waals surface area contributed by atoms with Gasteiger partial charge in [-0.3, -0.25) is 4.79 Å². The standard InChI is InChI=1S/C17H24F2N2O2/c1-12(2)20(3)11-17(23)7-4-8-21(16(17)22)10-13-5-6-14(18)15(19)9-13/h5-6,9,12,23H,4,7-8,10-11H2,1-3H3/t17-/m1/s1. The van der Waals surface area contributed by atoms with Crippen molar-refractivity contribution in [1.82, 2.24) is 9.80 Å². The van der Waals surface area contributed by atoms with Gasteiger partial charge < -0.3 is 14.9 Å². The number of hydrogen-bond acceptors (Lipinski definition) is 3. The van der Waals surface area contributed by atoms with Crippen molar-refractivity contribution in [2.45, 2.75) is 44.9 Å². The Morgan fingerprint density at radius 1 is 1.35 bits per heavy atom. The lowest BCUT2D eigenvalue weighted by atomic mass is 9.90. The Morgan fingerprint density at radius 2 is 2.04 bits per heavy atom. The van der Waals surface area contributed by atoms with Crippen LogP contribution in [0, 0.1) is 11.6 Å². The predicted molar refractivity (Wildman–Crippen MR) is 83.7 cm³/mol. The number of nitrogens with zero attached hydrogens (tertiary/aromatic N) is 2.